The van der Waals surface area contributed by atoms with Gasteiger partial charge in [-0.15, -0.1) is 0 Å². The van der Waals surface area contributed by atoms with Gasteiger partial charge in [0.05, 0.1) is 12.4 Å². The van der Waals surface area contributed by atoms with Gasteiger partial charge in [-0.05, 0) is 45.8 Å². The number of hydrogen-bond donors (Lipinski definition) is 0. The Hall–Kier alpha value is -4.59. The summed E-state index contributed by atoms with van der Waals surface area (Å²) in [4.78, 5) is 0. The van der Waals surface area contributed by atoms with Crippen molar-refractivity contribution in [3.05, 3.63) is 127 Å². The van der Waals surface area contributed by atoms with Crippen LogP contribution in [-0.2, 0) is 14.7 Å². The van der Waals surface area contributed by atoms with Crippen molar-refractivity contribution < 1.29 is 35.1 Å². The molecule has 1 atom stereocenters. The average Bonchev–Trinajstić information content (AvgIpc) is 3.03. The fraction of sp³-hybridized carbons (Fsp3) is 0.0588. The molecule has 0 saturated heterocycles. The van der Waals surface area contributed by atoms with Crippen molar-refractivity contribution in [1.82, 2.24) is 0 Å². The Labute approximate surface area is 252 Å². The lowest BCUT2D eigenvalue weighted by molar-refractivity contribution is -0.0499. The molecule has 0 N–H and O–H groups in total. The van der Waals surface area contributed by atoms with Crippen molar-refractivity contribution in [2.45, 2.75) is 5.51 Å². The minimum atomic E-state index is -6.06. The van der Waals surface area contributed by atoms with E-state index < -0.39 is 28.5 Å². The van der Waals surface area contributed by atoms with Gasteiger partial charge in [-0.1, -0.05) is 103 Å². The summed E-state index contributed by atoms with van der Waals surface area (Å²) in [5.41, 5.74) is -5.33. The molecule has 5 nitrogen and oxygen atoms in total. The van der Waals surface area contributed by atoms with E-state index in [9.17, 15) is 21.6 Å². The normalized spacial score (nSPS) is 13.5. The van der Waals surface area contributed by atoms with Crippen LogP contribution >= 0.6 is 7.14 Å². The quantitative estimate of drug-likeness (QED) is 0.103. The van der Waals surface area contributed by atoms with Gasteiger partial charge < -0.3 is 13.5 Å². The van der Waals surface area contributed by atoms with Gasteiger partial charge >= 0.3 is 15.6 Å². The molecule has 1 unspecified atom stereocenters. The predicted octanol–water partition coefficient (Wildman–Crippen LogP) is 7.54. The van der Waals surface area contributed by atoms with Crippen molar-refractivity contribution in [2.75, 3.05) is 7.11 Å². The van der Waals surface area contributed by atoms with Gasteiger partial charge in [0.25, 0.3) is 0 Å². The fourth-order valence-corrected chi connectivity index (χ4v) is 8.95. The second-order valence-corrected chi connectivity index (χ2v) is 14.2. The first kappa shape index (κ1) is 29.5. The Kier molecular flexibility index (Phi) is 7.48. The number of para-hydroxylation sites is 1. The summed E-state index contributed by atoms with van der Waals surface area (Å²) in [6.45, 7) is 0. The molecule has 0 saturated carbocycles. The van der Waals surface area contributed by atoms with Crippen LogP contribution in [0.5, 0.6) is 11.5 Å². The first-order valence-corrected chi connectivity index (χ1v) is 16.5. The number of methoxy groups -OCH3 is 1. The molecule has 44 heavy (non-hydrogen) atoms. The molecule has 10 heteroatoms. The molecule has 0 radical (unpaired) electrons. The van der Waals surface area contributed by atoms with Gasteiger partial charge in [-0.25, -0.2) is 0 Å². The van der Waals surface area contributed by atoms with Crippen LogP contribution in [0.1, 0.15) is 0 Å². The molecule has 0 heterocycles. The van der Waals surface area contributed by atoms with E-state index in [0.29, 0.717) is 37.9 Å². The Morgan fingerprint density at radius 2 is 1.14 bits per heavy atom. The zero-order valence-corrected chi connectivity index (χ0v) is 24.9. The summed E-state index contributed by atoms with van der Waals surface area (Å²) < 4.78 is 92.2. The van der Waals surface area contributed by atoms with Crippen LogP contribution in [0.25, 0.3) is 32.7 Å². The summed E-state index contributed by atoms with van der Waals surface area (Å²) in [6, 6.07) is 35.8. The molecule has 0 aliphatic carbocycles. The highest BCUT2D eigenvalue weighted by molar-refractivity contribution is 7.88. The Morgan fingerprint density at radius 3 is 1.77 bits per heavy atom. The molecule has 6 rings (SSSR count). The van der Waals surface area contributed by atoms with Crippen molar-refractivity contribution in [3.63, 3.8) is 0 Å². The second-order valence-electron chi connectivity index (χ2n) is 9.94. The molecule has 0 amide bonds. The maximum atomic E-state index is 15.9. The van der Waals surface area contributed by atoms with Gasteiger partial charge in [0.2, 0.25) is 0 Å². The maximum absolute atomic E-state index is 15.9. The van der Waals surface area contributed by atoms with E-state index in [1.807, 2.05) is 6.07 Å². The third-order valence-corrected chi connectivity index (χ3v) is 11.5. The molecule has 0 aromatic heterocycles. The van der Waals surface area contributed by atoms with Crippen LogP contribution in [-0.4, -0.2) is 21.0 Å². The van der Waals surface area contributed by atoms with Crippen LogP contribution in [0, 0.1) is 0 Å². The lowest BCUT2D eigenvalue weighted by Crippen LogP contribution is -2.29. The standard InChI is InChI=1S/C34H24F3O5PS/c1-41-28-17-9-10-18-30(28)43(38,25-13-3-2-4-14-25)31-22-20-24-12-6-8-16-27(24)33(31)32-26-15-7-5-11-23(26)19-21-29(32)42-44(39,40)34(35,36)37/h2-22H,1H3. The van der Waals surface area contributed by atoms with E-state index in [-0.39, 0.29) is 16.4 Å². The summed E-state index contributed by atoms with van der Waals surface area (Å²) in [5.74, 6) is -0.189. The zero-order chi connectivity index (χ0) is 31.1. The van der Waals surface area contributed by atoms with Crippen molar-refractivity contribution in [3.8, 4) is 22.6 Å². The van der Waals surface area contributed by atoms with Crippen molar-refractivity contribution in [2.24, 2.45) is 0 Å². The molecule has 0 aliphatic rings. The lowest BCUT2D eigenvalue weighted by Gasteiger charge is -2.26. The highest BCUT2D eigenvalue weighted by Crippen LogP contribution is 2.51. The van der Waals surface area contributed by atoms with Crippen molar-refractivity contribution >= 4 is 54.7 Å². The maximum Gasteiger partial charge on any atom is 0.534 e. The molecular weight excluding hydrogens is 608 g/mol. The smallest absolute Gasteiger partial charge is 0.496 e. The Bertz CT molecular complexity index is 2180. The number of fused-ring (bicyclic) bond motifs is 2. The third kappa shape index (κ3) is 4.92. The van der Waals surface area contributed by atoms with E-state index >= 15 is 4.57 Å². The summed E-state index contributed by atoms with van der Waals surface area (Å²) in [7, 11) is -8.46. The van der Waals surface area contributed by atoms with Crippen LogP contribution in [0.3, 0.4) is 0 Å². The summed E-state index contributed by atoms with van der Waals surface area (Å²) in [5, 5.41) is 3.37. The first-order chi connectivity index (χ1) is 21.1. The minimum absolute atomic E-state index is 0.0637. The second kappa shape index (κ2) is 11.2. The molecule has 0 aliphatic heterocycles. The van der Waals surface area contributed by atoms with E-state index in [1.54, 1.807) is 109 Å². The number of rotatable bonds is 7. The Balaban J connectivity index is 1.82. The number of benzene rings is 6. The van der Waals surface area contributed by atoms with E-state index in [0.717, 1.165) is 0 Å². The highest BCUT2D eigenvalue weighted by atomic mass is 32.2. The van der Waals surface area contributed by atoms with E-state index in [1.165, 1.54) is 19.2 Å². The molecule has 6 aromatic carbocycles. The molecule has 0 fully saturated rings. The third-order valence-electron chi connectivity index (χ3n) is 7.41. The van der Waals surface area contributed by atoms with Gasteiger partial charge in [0.15, 0.2) is 12.9 Å². The topological polar surface area (TPSA) is 69.7 Å². The van der Waals surface area contributed by atoms with Crippen LogP contribution in [0.2, 0.25) is 0 Å². The van der Waals surface area contributed by atoms with E-state index in [4.69, 9.17) is 8.92 Å². The van der Waals surface area contributed by atoms with Gasteiger partial charge in [0, 0.05) is 21.7 Å². The number of ether oxygens (including phenoxy) is 1. The predicted molar refractivity (Wildman–Crippen MR) is 168 cm³/mol. The molecule has 6 aromatic rings. The van der Waals surface area contributed by atoms with Crippen molar-refractivity contribution in [1.29, 1.82) is 0 Å². The largest absolute Gasteiger partial charge is 0.534 e. The fourth-order valence-electron chi connectivity index (χ4n) is 5.47. The minimum Gasteiger partial charge on any atom is -0.496 e. The SMILES string of the molecule is COc1ccccc1P(=O)(c1ccccc1)c1ccc2ccccc2c1-c1c(OS(=O)(=O)C(F)(F)F)ccc2ccccc12. The molecule has 222 valence electrons. The summed E-state index contributed by atoms with van der Waals surface area (Å²) >= 11 is 0. The van der Waals surface area contributed by atoms with E-state index in [2.05, 4.69) is 0 Å². The first-order valence-electron chi connectivity index (χ1n) is 13.4. The molecule has 0 bridgehead atoms. The summed E-state index contributed by atoms with van der Waals surface area (Å²) in [6.07, 6.45) is 0. The lowest BCUT2D eigenvalue weighted by atomic mass is 9.93. The molecular formula is C34H24F3O5PS. The number of alkyl halides is 3. The highest BCUT2D eigenvalue weighted by Gasteiger charge is 2.49. The average molecular weight is 633 g/mol. The monoisotopic (exact) mass is 632 g/mol. The van der Waals surface area contributed by atoms with Gasteiger partial charge in [-0.3, -0.25) is 0 Å². The van der Waals surface area contributed by atoms with Gasteiger partial charge in [-0.2, -0.15) is 21.6 Å². The van der Waals surface area contributed by atoms with Crippen LogP contribution < -0.4 is 24.8 Å². The van der Waals surface area contributed by atoms with Gasteiger partial charge in [0.1, 0.15) is 5.75 Å². The molecule has 0 spiro atoms. The number of hydrogen-bond acceptors (Lipinski definition) is 5. The number of halogens is 3. The van der Waals surface area contributed by atoms with Crippen LogP contribution in [0.4, 0.5) is 13.2 Å². The van der Waals surface area contributed by atoms with Crippen LogP contribution in [0.15, 0.2) is 127 Å². The Morgan fingerprint density at radius 1 is 0.591 bits per heavy atom. The zero-order valence-electron chi connectivity index (χ0n) is 23.2.